The van der Waals surface area contributed by atoms with Gasteiger partial charge in [0.2, 0.25) is 5.91 Å². The molecule has 0 aliphatic rings. The maximum atomic E-state index is 13.1. The lowest BCUT2D eigenvalue weighted by Crippen LogP contribution is -2.45. The van der Waals surface area contributed by atoms with Crippen LogP contribution in [0, 0.1) is 0 Å². The van der Waals surface area contributed by atoms with Gasteiger partial charge in [0.25, 0.3) is 7.82 Å². The molecule has 0 heterocycles. The average molecular weight is 1300 g/mol. The van der Waals surface area contributed by atoms with Gasteiger partial charge in [0.05, 0.1) is 39.9 Å². The molecule has 0 aromatic heterocycles. The third kappa shape index (κ3) is 75.4. The van der Waals surface area contributed by atoms with E-state index in [1.165, 1.54) is 334 Å². The molecule has 0 bridgehead atoms. The minimum absolute atomic E-state index is 0.00511. The van der Waals surface area contributed by atoms with Crippen LogP contribution in [-0.2, 0) is 18.4 Å². The lowest BCUT2D eigenvalue weighted by atomic mass is 10.0. The van der Waals surface area contributed by atoms with Crippen molar-refractivity contribution in [3.05, 3.63) is 60.8 Å². The second-order valence-corrected chi connectivity index (χ2v) is 30.2. The molecule has 8 nitrogen and oxygen atoms in total. The van der Waals surface area contributed by atoms with E-state index in [-0.39, 0.29) is 19.1 Å². The summed E-state index contributed by atoms with van der Waals surface area (Å²) < 4.78 is 23.5. The van der Waals surface area contributed by atoms with Crippen LogP contribution in [0.25, 0.3) is 0 Å². The fourth-order valence-electron chi connectivity index (χ4n) is 12.2. The largest absolute Gasteiger partial charge is 0.756 e. The molecule has 91 heavy (non-hydrogen) atoms. The zero-order valence-electron chi connectivity index (χ0n) is 61.6. The van der Waals surface area contributed by atoms with E-state index < -0.39 is 20.0 Å². The van der Waals surface area contributed by atoms with Crippen molar-refractivity contribution in [3.63, 3.8) is 0 Å². The summed E-state index contributed by atoms with van der Waals surface area (Å²) >= 11 is 0. The third-order valence-corrected chi connectivity index (χ3v) is 19.4. The summed E-state index contributed by atoms with van der Waals surface area (Å²) in [6.07, 6.45) is 101. The molecule has 0 aliphatic carbocycles. The van der Waals surface area contributed by atoms with Gasteiger partial charge in [-0.2, -0.15) is 0 Å². The standard InChI is InChI=1S/C82H157N2O6P/c1-6-8-10-12-14-16-18-20-22-24-26-28-30-32-34-36-37-38-39-40-41-42-43-44-45-46-47-48-50-52-54-56-58-60-62-64-66-68-70-72-74-76-82(86)83-80(79-90-91(87,88)89-78-77-84(3,4)5)81(85)75-73-71-69-67-65-63-61-59-57-55-53-51-49-35-33-31-29-27-25-23-21-19-17-15-13-11-9-7-2/h18,20,24,26,30,32,65,67,73,75,80-81,85H,6-17,19,21-23,25,27-29,31,33-64,66,68-72,74,76-79H2,1-5H3,(H-,83,86,87,88)/b20-18-,26-24-,32-30-,67-65+,75-73+. The number of hydrogen-bond acceptors (Lipinski definition) is 6. The van der Waals surface area contributed by atoms with Crippen LogP contribution in [0.15, 0.2) is 60.8 Å². The Morgan fingerprint density at radius 2 is 0.648 bits per heavy atom. The topological polar surface area (TPSA) is 108 Å². The van der Waals surface area contributed by atoms with E-state index in [1.54, 1.807) is 6.08 Å². The van der Waals surface area contributed by atoms with Crippen LogP contribution >= 0.6 is 7.82 Å². The van der Waals surface area contributed by atoms with Crippen LogP contribution in [0.1, 0.15) is 406 Å². The van der Waals surface area contributed by atoms with Gasteiger partial charge in [0, 0.05) is 6.42 Å². The molecule has 3 unspecified atom stereocenters. The molecular formula is C82H157N2O6P. The fraction of sp³-hybridized carbons (Fsp3) is 0.866. The summed E-state index contributed by atoms with van der Waals surface area (Å²) in [5.74, 6) is -0.199. The quantitative estimate of drug-likeness (QED) is 0.0272. The summed E-state index contributed by atoms with van der Waals surface area (Å²) in [5, 5.41) is 14.0. The number of aliphatic hydroxyl groups is 1. The molecule has 536 valence electrons. The Bertz CT molecular complexity index is 1670. The molecule has 0 radical (unpaired) electrons. The van der Waals surface area contributed by atoms with Crippen LogP contribution in [0.4, 0.5) is 0 Å². The van der Waals surface area contributed by atoms with Crippen molar-refractivity contribution in [3.8, 4) is 0 Å². The van der Waals surface area contributed by atoms with Crippen LogP contribution in [0.2, 0.25) is 0 Å². The zero-order valence-corrected chi connectivity index (χ0v) is 62.5. The lowest BCUT2D eigenvalue weighted by molar-refractivity contribution is -0.870. The first-order valence-electron chi connectivity index (χ1n) is 40.2. The highest BCUT2D eigenvalue weighted by atomic mass is 31.2. The van der Waals surface area contributed by atoms with E-state index in [0.717, 1.165) is 51.4 Å². The highest BCUT2D eigenvalue weighted by Gasteiger charge is 2.23. The fourth-order valence-corrected chi connectivity index (χ4v) is 13.0. The maximum Gasteiger partial charge on any atom is 0.268 e. The summed E-state index contributed by atoms with van der Waals surface area (Å²) in [6, 6.07) is -0.905. The number of amides is 1. The van der Waals surface area contributed by atoms with Crippen LogP contribution < -0.4 is 10.2 Å². The molecule has 0 rings (SSSR count). The van der Waals surface area contributed by atoms with Crippen LogP contribution in [-0.4, -0.2) is 68.5 Å². The van der Waals surface area contributed by atoms with Crippen LogP contribution in [0.3, 0.4) is 0 Å². The number of quaternary nitrogens is 1. The predicted octanol–water partition coefficient (Wildman–Crippen LogP) is 25.7. The smallest absolute Gasteiger partial charge is 0.268 e. The summed E-state index contributed by atoms with van der Waals surface area (Å²) in [6.45, 7) is 4.67. The number of likely N-dealkylation sites (N-methyl/N-ethyl adjacent to an activating group) is 1. The van der Waals surface area contributed by atoms with Gasteiger partial charge in [-0.3, -0.25) is 9.36 Å². The number of hydrogen-bond donors (Lipinski definition) is 2. The first kappa shape index (κ1) is 89.2. The van der Waals surface area contributed by atoms with Crippen molar-refractivity contribution < 1.29 is 32.9 Å². The predicted molar refractivity (Wildman–Crippen MR) is 399 cm³/mol. The molecule has 2 N–H and O–H groups in total. The zero-order chi connectivity index (χ0) is 66.2. The van der Waals surface area contributed by atoms with Gasteiger partial charge in [0.1, 0.15) is 13.2 Å². The van der Waals surface area contributed by atoms with Crippen molar-refractivity contribution >= 4 is 13.7 Å². The summed E-state index contributed by atoms with van der Waals surface area (Å²) in [4.78, 5) is 25.7. The Morgan fingerprint density at radius 1 is 0.385 bits per heavy atom. The number of nitrogens with zero attached hydrogens (tertiary/aromatic N) is 1. The number of allylic oxidation sites excluding steroid dienone is 9. The number of phosphoric ester groups is 1. The summed E-state index contributed by atoms with van der Waals surface area (Å²) in [7, 11) is 1.26. The van der Waals surface area contributed by atoms with E-state index in [0.29, 0.717) is 17.4 Å². The van der Waals surface area contributed by atoms with Crippen molar-refractivity contribution in [1.29, 1.82) is 0 Å². The Kier molecular flexibility index (Phi) is 71.0. The van der Waals surface area contributed by atoms with Crippen LogP contribution in [0.5, 0.6) is 0 Å². The first-order chi connectivity index (χ1) is 44.5. The van der Waals surface area contributed by atoms with Gasteiger partial charge in [-0.05, 0) is 70.6 Å². The molecule has 0 fully saturated rings. The maximum absolute atomic E-state index is 13.1. The number of rotatable bonds is 75. The van der Waals surface area contributed by atoms with Gasteiger partial charge in [-0.15, -0.1) is 0 Å². The molecular weight excluding hydrogens is 1140 g/mol. The minimum Gasteiger partial charge on any atom is -0.756 e. The minimum atomic E-state index is -4.62. The third-order valence-electron chi connectivity index (χ3n) is 18.4. The van der Waals surface area contributed by atoms with Gasteiger partial charge >= 0.3 is 0 Å². The number of carbonyl (C=O) groups excluding carboxylic acids is 1. The SMILES string of the molecule is CCCCCCC/C=C\C/C=C\C/C=C\CCCCCCCCCCCCCCCCCCCCCCCCCCCCC(=O)NC(COP(=O)([O-])OCC[N+](C)(C)C)C(O)/C=C/CC/C=C/CCCCCCCCCCCCCCCCCCCCCCCC. The van der Waals surface area contributed by atoms with E-state index in [9.17, 15) is 19.4 Å². The van der Waals surface area contributed by atoms with Crippen molar-refractivity contribution in [2.75, 3.05) is 40.9 Å². The lowest BCUT2D eigenvalue weighted by Gasteiger charge is -2.29. The number of aliphatic hydroxyl groups excluding tert-OH is 1. The van der Waals surface area contributed by atoms with E-state index in [1.807, 2.05) is 27.2 Å². The molecule has 0 spiro atoms. The number of nitrogens with one attached hydrogen (secondary N) is 1. The Hall–Kier alpha value is -1.80. The van der Waals surface area contributed by atoms with Crippen molar-refractivity contribution in [1.82, 2.24) is 5.32 Å². The van der Waals surface area contributed by atoms with E-state index in [4.69, 9.17) is 9.05 Å². The molecule has 1 amide bonds. The molecule has 3 atom stereocenters. The van der Waals surface area contributed by atoms with Crippen molar-refractivity contribution in [2.45, 2.75) is 418 Å². The van der Waals surface area contributed by atoms with E-state index >= 15 is 0 Å². The first-order valence-corrected chi connectivity index (χ1v) is 41.6. The normalized spacial score (nSPS) is 13.8. The van der Waals surface area contributed by atoms with Gasteiger partial charge < -0.3 is 28.8 Å². The summed E-state index contributed by atoms with van der Waals surface area (Å²) in [5.41, 5.74) is 0. The number of unbranched alkanes of at least 4 members (excludes halogenated alkanes) is 54. The van der Waals surface area contributed by atoms with Crippen molar-refractivity contribution in [2.24, 2.45) is 0 Å². The molecule has 0 aromatic carbocycles. The number of phosphoric acid groups is 1. The Balaban J connectivity index is 3.95. The molecule has 9 heteroatoms. The van der Waals surface area contributed by atoms with Gasteiger partial charge in [0.15, 0.2) is 0 Å². The Morgan fingerprint density at radius 3 is 0.967 bits per heavy atom. The van der Waals surface area contributed by atoms with Gasteiger partial charge in [-0.1, -0.05) is 389 Å². The average Bonchev–Trinajstić information content (AvgIpc) is 3.59. The second-order valence-electron chi connectivity index (χ2n) is 28.8. The van der Waals surface area contributed by atoms with E-state index in [2.05, 4.69) is 67.8 Å². The van der Waals surface area contributed by atoms with Gasteiger partial charge in [-0.25, -0.2) is 0 Å². The molecule has 0 saturated heterocycles. The molecule has 0 aromatic rings. The Labute approximate surface area is 568 Å². The monoisotopic (exact) mass is 1300 g/mol. The highest BCUT2D eigenvalue weighted by Crippen LogP contribution is 2.38. The molecule has 0 aliphatic heterocycles. The molecule has 0 saturated carbocycles. The number of carbonyl (C=O) groups is 1. The highest BCUT2D eigenvalue weighted by molar-refractivity contribution is 7.45. The second kappa shape index (κ2) is 72.5.